The number of ketones is 1. The second-order valence-corrected chi connectivity index (χ2v) is 5.27. The standard InChI is InChI=1S/C15H18N2O3S/c1-19-8-9-20-13-5-3-2-4-11(13)15(18)12-10-21-14(17-12)6-7-16/h2-5,10H,6-9,16H2,1H3. The van der Waals surface area contributed by atoms with Gasteiger partial charge in [-0.15, -0.1) is 11.3 Å². The van der Waals surface area contributed by atoms with Crippen LogP contribution < -0.4 is 10.5 Å². The van der Waals surface area contributed by atoms with Crippen LogP contribution in [0.1, 0.15) is 21.1 Å². The lowest BCUT2D eigenvalue weighted by atomic mass is 10.1. The van der Waals surface area contributed by atoms with Crippen LogP contribution in [0.4, 0.5) is 0 Å². The van der Waals surface area contributed by atoms with Crippen molar-refractivity contribution in [1.82, 2.24) is 4.98 Å². The molecule has 0 unspecified atom stereocenters. The van der Waals surface area contributed by atoms with Crippen molar-refractivity contribution < 1.29 is 14.3 Å². The maximum Gasteiger partial charge on any atom is 0.215 e. The third-order valence-corrected chi connectivity index (χ3v) is 3.73. The highest BCUT2D eigenvalue weighted by molar-refractivity contribution is 7.09. The number of para-hydroxylation sites is 1. The molecule has 0 saturated heterocycles. The largest absolute Gasteiger partial charge is 0.490 e. The van der Waals surface area contributed by atoms with Crippen LogP contribution >= 0.6 is 11.3 Å². The van der Waals surface area contributed by atoms with Crippen molar-refractivity contribution in [2.75, 3.05) is 26.9 Å². The van der Waals surface area contributed by atoms with Gasteiger partial charge in [-0.1, -0.05) is 12.1 Å². The molecular formula is C15H18N2O3S. The molecule has 1 aromatic heterocycles. The molecule has 1 aromatic carbocycles. The molecule has 0 aliphatic heterocycles. The Morgan fingerprint density at radius 3 is 2.90 bits per heavy atom. The van der Waals surface area contributed by atoms with Crippen molar-refractivity contribution in [2.24, 2.45) is 5.73 Å². The Kier molecular flexibility index (Phi) is 5.86. The lowest BCUT2D eigenvalue weighted by Gasteiger charge is -2.09. The van der Waals surface area contributed by atoms with Crippen molar-refractivity contribution in [2.45, 2.75) is 6.42 Å². The Labute approximate surface area is 127 Å². The number of aromatic nitrogens is 1. The van der Waals surface area contributed by atoms with E-state index in [4.69, 9.17) is 15.2 Å². The lowest BCUT2D eigenvalue weighted by molar-refractivity contribution is 0.102. The highest BCUT2D eigenvalue weighted by Crippen LogP contribution is 2.22. The van der Waals surface area contributed by atoms with Gasteiger partial charge in [0.05, 0.1) is 17.2 Å². The first-order valence-corrected chi connectivity index (χ1v) is 7.54. The first kappa shape index (κ1) is 15.6. The summed E-state index contributed by atoms with van der Waals surface area (Å²) in [5.41, 5.74) is 6.45. The van der Waals surface area contributed by atoms with Crippen LogP contribution in [-0.4, -0.2) is 37.6 Å². The van der Waals surface area contributed by atoms with Crippen molar-refractivity contribution in [3.63, 3.8) is 0 Å². The van der Waals surface area contributed by atoms with Gasteiger partial charge in [0, 0.05) is 18.9 Å². The summed E-state index contributed by atoms with van der Waals surface area (Å²) < 4.78 is 10.5. The molecule has 0 radical (unpaired) electrons. The van der Waals surface area contributed by atoms with Crippen LogP contribution in [0.25, 0.3) is 0 Å². The first-order valence-electron chi connectivity index (χ1n) is 6.66. The number of hydrogen-bond acceptors (Lipinski definition) is 6. The summed E-state index contributed by atoms with van der Waals surface area (Å²) in [7, 11) is 1.61. The number of ether oxygens (including phenoxy) is 2. The minimum atomic E-state index is -0.137. The number of hydrogen-bond donors (Lipinski definition) is 1. The van der Waals surface area contributed by atoms with E-state index in [2.05, 4.69) is 4.98 Å². The molecule has 112 valence electrons. The third-order valence-electron chi connectivity index (χ3n) is 2.82. The zero-order chi connectivity index (χ0) is 15.1. The molecule has 0 atom stereocenters. The number of benzene rings is 1. The van der Waals surface area contributed by atoms with Gasteiger partial charge >= 0.3 is 0 Å². The molecular weight excluding hydrogens is 288 g/mol. The molecule has 2 aromatic rings. The Balaban J connectivity index is 2.17. The van der Waals surface area contributed by atoms with E-state index in [1.807, 2.05) is 12.1 Å². The van der Waals surface area contributed by atoms with E-state index >= 15 is 0 Å². The number of carbonyl (C=O) groups excluding carboxylic acids is 1. The molecule has 6 heteroatoms. The fraction of sp³-hybridized carbons (Fsp3) is 0.333. The highest BCUT2D eigenvalue weighted by atomic mass is 32.1. The summed E-state index contributed by atoms with van der Waals surface area (Å²) in [6, 6.07) is 7.16. The molecule has 0 aliphatic carbocycles. The fourth-order valence-electron chi connectivity index (χ4n) is 1.81. The highest BCUT2D eigenvalue weighted by Gasteiger charge is 2.17. The molecule has 0 bridgehead atoms. The molecule has 0 spiro atoms. The Morgan fingerprint density at radius 1 is 1.33 bits per heavy atom. The minimum absolute atomic E-state index is 0.137. The van der Waals surface area contributed by atoms with E-state index in [-0.39, 0.29) is 5.78 Å². The van der Waals surface area contributed by atoms with Gasteiger partial charge in [-0.25, -0.2) is 4.98 Å². The zero-order valence-electron chi connectivity index (χ0n) is 11.9. The molecule has 0 aliphatic rings. The molecule has 5 nitrogen and oxygen atoms in total. The number of nitrogens with two attached hydrogens (primary N) is 1. The van der Waals surface area contributed by atoms with E-state index < -0.39 is 0 Å². The van der Waals surface area contributed by atoms with Crippen LogP contribution in [0.15, 0.2) is 29.6 Å². The van der Waals surface area contributed by atoms with Gasteiger partial charge in [-0.2, -0.15) is 0 Å². The lowest BCUT2D eigenvalue weighted by Crippen LogP contribution is -2.10. The molecule has 2 N–H and O–H groups in total. The van der Waals surface area contributed by atoms with Crippen LogP contribution in [0, 0.1) is 0 Å². The molecule has 0 fully saturated rings. The van der Waals surface area contributed by atoms with E-state index in [1.54, 1.807) is 24.6 Å². The number of thiazole rings is 1. The second-order valence-electron chi connectivity index (χ2n) is 4.33. The van der Waals surface area contributed by atoms with Crippen molar-refractivity contribution in [3.05, 3.63) is 45.9 Å². The molecule has 0 saturated carbocycles. The summed E-state index contributed by atoms with van der Waals surface area (Å²) in [4.78, 5) is 16.8. The monoisotopic (exact) mass is 306 g/mol. The normalized spacial score (nSPS) is 10.6. The summed E-state index contributed by atoms with van der Waals surface area (Å²) >= 11 is 1.45. The number of carbonyl (C=O) groups is 1. The summed E-state index contributed by atoms with van der Waals surface area (Å²) in [6.45, 7) is 1.40. The third kappa shape index (κ3) is 4.10. The Hall–Kier alpha value is -1.76. The van der Waals surface area contributed by atoms with Gasteiger partial charge < -0.3 is 15.2 Å². The Bertz CT molecular complexity index is 598. The van der Waals surface area contributed by atoms with Gasteiger partial charge in [0.1, 0.15) is 18.1 Å². The summed E-state index contributed by atoms with van der Waals surface area (Å²) in [5, 5.41) is 2.64. The van der Waals surface area contributed by atoms with Gasteiger partial charge in [-0.3, -0.25) is 4.79 Å². The SMILES string of the molecule is COCCOc1ccccc1C(=O)c1csc(CCN)n1. The maximum atomic E-state index is 12.5. The van der Waals surface area contributed by atoms with Gasteiger partial charge in [0.15, 0.2) is 0 Å². The first-order chi connectivity index (χ1) is 10.3. The predicted molar refractivity (Wildman–Crippen MR) is 82.1 cm³/mol. The molecule has 0 amide bonds. The number of nitrogens with zero attached hydrogens (tertiary/aromatic N) is 1. The van der Waals surface area contributed by atoms with Crippen LogP contribution in [0.3, 0.4) is 0 Å². The number of methoxy groups -OCH3 is 1. The van der Waals surface area contributed by atoms with Gasteiger partial charge in [-0.05, 0) is 18.7 Å². The van der Waals surface area contributed by atoms with Crippen LogP contribution in [-0.2, 0) is 11.2 Å². The van der Waals surface area contributed by atoms with E-state index in [9.17, 15) is 4.79 Å². The molecule has 2 rings (SSSR count). The topological polar surface area (TPSA) is 74.4 Å². The summed E-state index contributed by atoms with van der Waals surface area (Å²) in [5.74, 6) is 0.412. The average Bonchev–Trinajstić information content (AvgIpc) is 2.96. The van der Waals surface area contributed by atoms with Crippen molar-refractivity contribution >= 4 is 17.1 Å². The number of rotatable bonds is 8. The minimum Gasteiger partial charge on any atom is -0.490 e. The molecule has 1 heterocycles. The van der Waals surface area contributed by atoms with Crippen molar-refractivity contribution in [3.8, 4) is 5.75 Å². The Morgan fingerprint density at radius 2 is 2.14 bits per heavy atom. The average molecular weight is 306 g/mol. The zero-order valence-corrected chi connectivity index (χ0v) is 12.7. The van der Waals surface area contributed by atoms with Crippen LogP contribution in [0.2, 0.25) is 0 Å². The summed E-state index contributed by atoms with van der Waals surface area (Å²) in [6.07, 6.45) is 0.684. The fourth-order valence-corrected chi connectivity index (χ4v) is 2.60. The van der Waals surface area contributed by atoms with Gasteiger partial charge in [0.25, 0.3) is 0 Å². The van der Waals surface area contributed by atoms with Crippen molar-refractivity contribution in [1.29, 1.82) is 0 Å². The second kappa shape index (κ2) is 7.87. The maximum absolute atomic E-state index is 12.5. The predicted octanol–water partition coefficient (Wildman–Crippen LogP) is 1.90. The van der Waals surface area contributed by atoms with E-state index in [0.717, 1.165) is 5.01 Å². The van der Waals surface area contributed by atoms with Gasteiger partial charge in [0.2, 0.25) is 5.78 Å². The quantitative estimate of drug-likeness (QED) is 0.595. The van der Waals surface area contributed by atoms with E-state index in [1.165, 1.54) is 11.3 Å². The van der Waals surface area contributed by atoms with E-state index in [0.29, 0.717) is 43.2 Å². The van der Waals surface area contributed by atoms with Crippen LogP contribution in [0.5, 0.6) is 5.75 Å². The smallest absolute Gasteiger partial charge is 0.215 e. The molecule has 21 heavy (non-hydrogen) atoms.